The third-order valence-corrected chi connectivity index (χ3v) is 13.4. The SMILES string of the molecule is C/C(=C\C(=O)O)C(=O)O.C/C=C/C(C)=O.C/C=C/C=C/C(C)=O.C/C=C\C(C)=O.C=C(C)C(C)=O.C=CC(C)=O.CC(=O)/C=C(/C)C(=O)O.CC(=O)/C=C(/CC(=O)O)C(=O)O.CC(=O)/C=C/c1ccccc1.CC(=O)/C=C\C(=O)O.CC(=O)C/C=C/C(=O)O.CC(=O)c1ccc(C(=O)O)cc1.CC(=O)c1cccc(C(=O)O)c1.CC(=O)c1ccccc1C(=O)O.O=C(O)/C=C(/Br)C(=O)O.O=C(O)/C=C/C=C/C(=O)O. The predicted octanol–water partition coefficient (Wildman–Crippen LogP) is 15.3. The summed E-state index contributed by atoms with van der Waals surface area (Å²) in [5.74, 6) is -17.1. The molecule has 0 aliphatic heterocycles. The molecule has 0 aromatic heterocycles. The monoisotopic (exact) mass is 2080 g/mol. The number of allylic oxidation sites excluding steroid dienone is 17. The van der Waals surface area contributed by atoms with Crippen molar-refractivity contribution in [2.45, 2.75) is 144 Å². The fourth-order valence-corrected chi connectivity index (χ4v) is 6.61. The van der Waals surface area contributed by atoms with Gasteiger partial charge in [-0.15, -0.1) is 0 Å². The van der Waals surface area contributed by atoms with Crippen LogP contribution < -0.4 is 0 Å². The molecule has 0 spiro atoms. The number of carboxylic acid groups (broad SMARTS) is 14. The van der Waals surface area contributed by atoms with E-state index in [-0.39, 0.29) is 114 Å². The zero-order valence-corrected chi connectivity index (χ0v) is 83.7. The Balaban J connectivity index is -0.000000130. The summed E-state index contributed by atoms with van der Waals surface area (Å²) in [6, 6.07) is 27.7. The molecule has 0 unspecified atom stereocenters. The van der Waals surface area contributed by atoms with Crippen molar-refractivity contribution in [1.29, 1.82) is 0 Å². The molecule has 42 heteroatoms. The number of carbonyl (C=O) groups excluding carboxylic acids is 13. The van der Waals surface area contributed by atoms with Crippen molar-refractivity contribution in [2.75, 3.05) is 0 Å². The van der Waals surface area contributed by atoms with Gasteiger partial charge < -0.3 is 71.5 Å². The van der Waals surface area contributed by atoms with Crippen LogP contribution in [0.4, 0.5) is 0 Å². The molecule has 0 atom stereocenters. The van der Waals surface area contributed by atoms with E-state index in [1.54, 1.807) is 62.4 Å². The fraction of sp³-hybridized carbons (Fsp3) is 0.206. The molecule has 4 rings (SSSR count). The molecule has 0 radical (unpaired) electrons. The first-order chi connectivity index (χ1) is 66.3. The van der Waals surface area contributed by atoms with Gasteiger partial charge in [-0.3, -0.25) is 67.1 Å². The third-order valence-electron chi connectivity index (χ3n) is 12.8. The van der Waals surface area contributed by atoms with Gasteiger partial charge in [-0.2, -0.15) is 0 Å². The maximum atomic E-state index is 10.9. The molecule has 0 heterocycles. The molecular formula is C102H119BrO41. The normalized spacial score (nSPS) is 10.0. The number of hydrogen-bond donors (Lipinski definition) is 14. The Hall–Kier alpha value is -18.3. The van der Waals surface area contributed by atoms with Gasteiger partial charge >= 0.3 is 83.6 Å². The first kappa shape index (κ1) is 151. The average molecular weight is 2080 g/mol. The number of aromatic carboxylic acids is 3. The highest BCUT2D eigenvalue weighted by Gasteiger charge is 2.14. The Bertz CT molecular complexity index is 5200. The second-order valence-electron chi connectivity index (χ2n) is 26.3. The number of carboxylic acids is 14. The molecular weight excluding hydrogens is 1960 g/mol. The Labute approximate surface area is 837 Å². The first-order valence-corrected chi connectivity index (χ1v) is 40.9. The Morgan fingerprint density at radius 3 is 0.910 bits per heavy atom. The van der Waals surface area contributed by atoms with Crippen LogP contribution in [0.1, 0.15) is 212 Å². The number of hydrogen-bond acceptors (Lipinski definition) is 27. The lowest BCUT2D eigenvalue weighted by atomic mass is 10.1. The number of aliphatic carboxylic acids is 11. The topological polar surface area (TPSA) is 744 Å². The van der Waals surface area contributed by atoms with Gasteiger partial charge in [-0.05, 0) is 238 Å². The zero-order chi connectivity index (χ0) is 115. The van der Waals surface area contributed by atoms with E-state index in [1.165, 1.54) is 169 Å². The zero-order valence-electron chi connectivity index (χ0n) is 82.1. The van der Waals surface area contributed by atoms with Crippen LogP contribution in [-0.4, -0.2) is 230 Å². The maximum absolute atomic E-state index is 10.9. The van der Waals surface area contributed by atoms with Crippen LogP contribution in [0.5, 0.6) is 0 Å². The molecule has 0 saturated heterocycles. The average Bonchev–Trinajstić information content (AvgIpc) is 0.874. The van der Waals surface area contributed by atoms with Crippen LogP contribution in [-0.2, 0) is 101 Å². The molecule has 0 amide bonds. The van der Waals surface area contributed by atoms with Gasteiger partial charge in [0.15, 0.2) is 69.4 Å². The number of benzene rings is 4. The van der Waals surface area contributed by atoms with E-state index in [1.807, 2.05) is 69.3 Å². The third kappa shape index (κ3) is 128. The number of Topliss-reactive ketones (excluding diaryl/α,β-unsaturated/α-hetero) is 5. The van der Waals surface area contributed by atoms with Crippen LogP contribution in [0, 0.1) is 0 Å². The molecule has 144 heavy (non-hydrogen) atoms. The number of carbonyl (C=O) groups is 27. The summed E-state index contributed by atoms with van der Waals surface area (Å²) in [4.78, 5) is 274. The highest BCUT2D eigenvalue weighted by Crippen LogP contribution is 2.11. The second kappa shape index (κ2) is 96.4. The number of rotatable bonds is 32. The minimum absolute atomic E-state index is 0.0185. The van der Waals surface area contributed by atoms with Gasteiger partial charge in [-0.25, -0.2) is 62.3 Å². The van der Waals surface area contributed by atoms with Crippen molar-refractivity contribution >= 4 is 181 Å². The predicted molar refractivity (Wildman–Crippen MR) is 533 cm³/mol. The van der Waals surface area contributed by atoms with Gasteiger partial charge in [0.05, 0.1) is 28.7 Å². The van der Waals surface area contributed by atoms with E-state index < -0.39 is 101 Å². The maximum Gasteiger partial charge on any atom is 0.343 e. The molecule has 0 saturated carbocycles. The van der Waals surface area contributed by atoms with Crippen molar-refractivity contribution in [3.8, 4) is 0 Å². The minimum Gasteiger partial charge on any atom is -0.481 e. The fourth-order valence-electron chi connectivity index (χ4n) is 6.42. The van der Waals surface area contributed by atoms with E-state index in [0.29, 0.717) is 28.9 Å². The molecule has 14 N–H and O–H groups in total. The van der Waals surface area contributed by atoms with Crippen molar-refractivity contribution in [2.24, 2.45) is 0 Å². The number of ketones is 13. The van der Waals surface area contributed by atoms with Crippen molar-refractivity contribution < 1.29 is 201 Å². The summed E-state index contributed by atoms with van der Waals surface area (Å²) in [5.41, 5.74) is 2.77. The molecule has 780 valence electrons. The molecule has 4 aromatic rings. The highest BCUT2D eigenvalue weighted by atomic mass is 79.9. The molecule has 0 aliphatic rings. The summed E-state index contributed by atoms with van der Waals surface area (Å²) < 4.78 is -0.366. The van der Waals surface area contributed by atoms with E-state index in [9.17, 15) is 129 Å². The molecule has 0 bridgehead atoms. The lowest BCUT2D eigenvalue weighted by molar-refractivity contribution is -0.139. The minimum atomic E-state index is -1.38. The lowest BCUT2D eigenvalue weighted by Gasteiger charge is -1.99. The molecule has 4 aromatic carbocycles. The quantitative estimate of drug-likeness (QED) is 0.0123. The highest BCUT2D eigenvalue weighted by molar-refractivity contribution is 9.12. The van der Waals surface area contributed by atoms with Crippen molar-refractivity contribution in [1.82, 2.24) is 0 Å². The summed E-state index contributed by atoms with van der Waals surface area (Å²) in [5, 5.41) is 115. The Morgan fingerprint density at radius 2 is 0.667 bits per heavy atom. The van der Waals surface area contributed by atoms with Gasteiger partial charge in [0.1, 0.15) is 10.3 Å². The smallest absolute Gasteiger partial charge is 0.343 e. The Kier molecular flexibility index (Phi) is 101. The summed E-state index contributed by atoms with van der Waals surface area (Å²) in [6.45, 7) is 34.9. The van der Waals surface area contributed by atoms with E-state index >= 15 is 0 Å². The summed E-state index contributed by atoms with van der Waals surface area (Å²) in [6.07, 6.45) is 28.8. The van der Waals surface area contributed by atoms with Crippen LogP contribution in [0.2, 0.25) is 0 Å². The largest absolute Gasteiger partial charge is 0.481 e. The summed E-state index contributed by atoms with van der Waals surface area (Å²) in [7, 11) is 0. The van der Waals surface area contributed by atoms with Crippen LogP contribution in [0.15, 0.2) is 277 Å². The standard InChI is InChI=1S/C10H10O.3C9H8O3.C7H8O5.C7H10O.C6H6O4.2C6H8O3.C5H6O4.C5H6O3.3C5H8O.C4H3BrO4.C4H6O/c1-9(11)7-8-10-5-3-2-4-6-10;1-6(10)7-2-4-8(5-3-7)9(11)12;1-6(10)7-3-2-4-8(5-7)9(11)12;1-6(10)7-4-2-3-5-8(7)9(11)12;1-4(8)2-5(7(11)12)3-6(9)10;1-3-4-5-6-7(2)8;7-5(8)3-1-2-4-6(9)10;1-4(6(8)9)3-5(2)7;1-5(7)3-2-4-6(8)9;1-3(5(8)9)2-4(6)7;1-4(6)2-3-5(7)8;1-4(2)5(3)6;2*1-3-4-5(2)6;5-2(4(8)9)1-3(6)7;1-3-4(2)5/h2-8H,1H3;3*2-5H,1H3,(H,11,12);2H,3H2,1H3,(H,9,10)(H,11,12);3-6H,1-2H3;1-4H,(H,7,8)(H,9,10);3H,1-2H3,(H,8,9);2,4H,3H2,1H3,(H,8,9);2H,1H3,(H,6,7)(H,8,9);2-3H,1H3,(H,7,8);1H2,2-3H3;2*3-4H,1-2H3;1H,(H,6,7)(H,8,9);3H,1H2,2H3/b8-7+;;;;5-2-;4-3+,6-5+;3-1+,4-2+;4-3-;4-2+;3-2+;3-2-;;4-3+;4-3-;2-1+;. The lowest BCUT2D eigenvalue weighted by Crippen LogP contribution is -2.08. The van der Waals surface area contributed by atoms with Gasteiger partial charge in [-0.1, -0.05) is 141 Å². The van der Waals surface area contributed by atoms with Crippen molar-refractivity contribution in [3.05, 3.63) is 316 Å². The van der Waals surface area contributed by atoms with Gasteiger partial charge in [0.25, 0.3) is 0 Å². The van der Waals surface area contributed by atoms with Crippen LogP contribution >= 0.6 is 15.9 Å². The van der Waals surface area contributed by atoms with Gasteiger partial charge in [0.2, 0.25) is 0 Å². The molecule has 0 fully saturated rings. The van der Waals surface area contributed by atoms with Crippen LogP contribution in [0.25, 0.3) is 6.08 Å². The summed E-state index contributed by atoms with van der Waals surface area (Å²) >= 11 is 2.52. The van der Waals surface area contributed by atoms with Crippen LogP contribution in [0.3, 0.4) is 0 Å². The molecule has 0 aliphatic carbocycles. The number of halogens is 1. The van der Waals surface area contributed by atoms with Crippen molar-refractivity contribution in [3.63, 3.8) is 0 Å². The second-order valence-corrected chi connectivity index (χ2v) is 27.2. The van der Waals surface area contributed by atoms with E-state index in [0.717, 1.165) is 67.2 Å². The molecule has 41 nitrogen and oxygen atoms in total. The Morgan fingerprint density at radius 1 is 0.306 bits per heavy atom. The first-order valence-electron chi connectivity index (χ1n) is 40.1. The van der Waals surface area contributed by atoms with E-state index in [4.69, 9.17) is 71.5 Å². The van der Waals surface area contributed by atoms with E-state index in [2.05, 4.69) is 29.1 Å². The van der Waals surface area contributed by atoms with Gasteiger partial charge in [0, 0.05) is 70.7 Å².